The Hall–Kier alpha value is 0.400. The predicted molar refractivity (Wildman–Crippen MR) is 36.0 cm³/mol. The second kappa shape index (κ2) is 2.33. The van der Waals surface area contributed by atoms with Crippen LogP contribution in [0.15, 0.2) is 0 Å². The summed E-state index contributed by atoms with van der Waals surface area (Å²) in [6.07, 6.45) is 0.785. The Bertz CT molecular complexity index is 78.5. The van der Waals surface area contributed by atoms with E-state index in [1.165, 1.54) is 0 Å². The average molecular weight is 180 g/mol. The third kappa shape index (κ3) is 1.04. The van der Waals surface area contributed by atoms with Gasteiger partial charge in [-0.2, -0.15) is 0 Å². The maximum atomic E-state index is 9.15. The van der Waals surface area contributed by atoms with Gasteiger partial charge in [0, 0.05) is 6.54 Å². The van der Waals surface area contributed by atoms with Crippen molar-refractivity contribution in [3.8, 4) is 0 Å². The van der Waals surface area contributed by atoms with Crippen molar-refractivity contribution in [1.82, 2.24) is 4.90 Å². The number of halogens is 1. The number of rotatable bonds is 0. The molecule has 1 heterocycles. The van der Waals surface area contributed by atoms with Crippen LogP contribution < -0.4 is 0 Å². The molecule has 2 unspecified atom stereocenters. The van der Waals surface area contributed by atoms with E-state index in [0.717, 1.165) is 13.0 Å². The molecule has 0 amide bonds. The van der Waals surface area contributed by atoms with Gasteiger partial charge in [0.25, 0.3) is 0 Å². The van der Waals surface area contributed by atoms with Crippen LogP contribution in [-0.2, 0) is 0 Å². The second-order valence-electron chi connectivity index (χ2n) is 2.20. The fourth-order valence-corrected chi connectivity index (χ4v) is 1.49. The summed E-state index contributed by atoms with van der Waals surface area (Å²) in [6, 6.07) is 0. The van der Waals surface area contributed by atoms with Gasteiger partial charge < -0.3 is 5.11 Å². The Balaban J connectivity index is 2.44. The van der Waals surface area contributed by atoms with Gasteiger partial charge >= 0.3 is 0 Å². The summed E-state index contributed by atoms with van der Waals surface area (Å²) in [4.78, 5) is 2.21. The minimum Gasteiger partial charge on any atom is -0.377 e. The Morgan fingerprint density at radius 1 is 1.75 bits per heavy atom. The maximum absolute atomic E-state index is 9.15. The fourth-order valence-electron chi connectivity index (χ4n) is 0.884. The number of alkyl halides is 1. The first-order chi connectivity index (χ1) is 3.72. The summed E-state index contributed by atoms with van der Waals surface area (Å²) in [6.45, 7) is 0.997. The van der Waals surface area contributed by atoms with Gasteiger partial charge in [-0.05, 0) is 13.5 Å². The highest BCUT2D eigenvalue weighted by Gasteiger charge is 2.26. The second-order valence-corrected chi connectivity index (χ2v) is 3.38. The van der Waals surface area contributed by atoms with E-state index in [0.29, 0.717) is 0 Å². The summed E-state index contributed by atoms with van der Waals surface area (Å²) in [5, 5.41) is 9.15. The van der Waals surface area contributed by atoms with Crippen LogP contribution in [0.5, 0.6) is 0 Å². The standard InChI is InChI=1S/C5H10BrNO/c1-7-3-2-4(6)5(7)8/h4-5,8H,2-3H2,1H3. The van der Waals surface area contributed by atoms with E-state index in [-0.39, 0.29) is 11.1 Å². The van der Waals surface area contributed by atoms with Crippen LogP contribution in [0, 0.1) is 0 Å². The molecule has 1 N–H and O–H groups in total. The SMILES string of the molecule is CN1CCC(Br)C1O. The Kier molecular flexibility index (Phi) is 1.90. The van der Waals surface area contributed by atoms with Crippen molar-refractivity contribution < 1.29 is 5.11 Å². The van der Waals surface area contributed by atoms with Crippen LogP contribution in [0.3, 0.4) is 0 Å². The maximum Gasteiger partial charge on any atom is 0.119 e. The highest BCUT2D eigenvalue weighted by Crippen LogP contribution is 2.20. The minimum absolute atomic E-state index is 0.269. The largest absolute Gasteiger partial charge is 0.377 e. The summed E-state index contributed by atoms with van der Waals surface area (Å²) in [7, 11) is 1.92. The zero-order valence-electron chi connectivity index (χ0n) is 4.84. The highest BCUT2D eigenvalue weighted by molar-refractivity contribution is 9.09. The minimum atomic E-state index is -0.269. The van der Waals surface area contributed by atoms with Crippen LogP contribution in [0.2, 0.25) is 0 Å². The van der Waals surface area contributed by atoms with Gasteiger partial charge in [-0.15, -0.1) is 0 Å². The number of hydrogen-bond acceptors (Lipinski definition) is 2. The zero-order chi connectivity index (χ0) is 6.15. The topological polar surface area (TPSA) is 23.5 Å². The van der Waals surface area contributed by atoms with Crippen LogP contribution in [-0.4, -0.2) is 34.7 Å². The Labute approximate surface area is 57.6 Å². The molecular weight excluding hydrogens is 170 g/mol. The molecule has 1 aliphatic heterocycles. The van der Waals surface area contributed by atoms with Crippen molar-refractivity contribution in [2.45, 2.75) is 17.5 Å². The molecule has 0 spiro atoms. The normalized spacial score (nSPS) is 40.9. The monoisotopic (exact) mass is 179 g/mol. The molecule has 1 aliphatic rings. The highest BCUT2D eigenvalue weighted by atomic mass is 79.9. The van der Waals surface area contributed by atoms with Crippen molar-refractivity contribution in [1.29, 1.82) is 0 Å². The van der Waals surface area contributed by atoms with Gasteiger partial charge in [0.15, 0.2) is 0 Å². The first-order valence-electron chi connectivity index (χ1n) is 2.74. The third-order valence-electron chi connectivity index (χ3n) is 1.53. The van der Waals surface area contributed by atoms with Gasteiger partial charge in [-0.25, -0.2) is 0 Å². The van der Waals surface area contributed by atoms with Crippen LogP contribution in [0.25, 0.3) is 0 Å². The van der Waals surface area contributed by atoms with E-state index in [4.69, 9.17) is 5.11 Å². The number of nitrogens with zero attached hydrogens (tertiary/aromatic N) is 1. The van der Waals surface area contributed by atoms with Gasteiger partial charge in [0.1, 0.15) is 6.23 Å². The molecule has 0 bridgehead atoms. The first kappa shape index (κ1) is 6.52. The summed E-state index contributed by atoms with van der Waals surface area (Å²) in [5.41, 5.74) is 0. The summed E-state index contributed by atoms with van der Waals surface area (Å²) in [5.74, 6) is 0. The molecule has 0 aromatic rings. The van der Waals surface area contributed by atoms with Gasteiger partial charge in [-0.3, -0.25) is 4.90 Å². The predicted octanol–water partition coefficient (Wildman–Crippen LogP) is 0.404. The third-order valence-corrected chi connectivity index (χ3v) is 2.46. The molecule has 48 valence electrons. The molecule has 0 radical (unpaired) electrons. The molecule has 0 aromatic carbocycles. The Morgan fingerprint density at radius 2 is 2.38 bits per heavy atom. The van der Waals surface area contributed by atoms with E-state index < -0.39 is 0 Å². The zero-order valence-corrected chi connectivity index (χ0v) is 6.43. The molecule has 1 rings (SSSR count). The summed E-state index contributed by atoms with van der Waals surface area (Å²) < 4.78 is 0. The molecule has 2 atom stereocenters. The van der Waals surface area contributed by atoms with Gasteiger partial charge in [0.05, 0.1) is 4.83 Å². The van der Waals surface area contributed by atoms with Crippen LogP contribution in [0.4, 0.5) is 0 Å². The van der Waals surface area contributed by atoms with Gasteiger partial charge in [0.2, 0.25) is 0 Å². The molecule has 2 nitrogen and oxygen atoms in total. The van der Waals surface area contributed by atoms with Crippen molar-refractivity contribution in [3.05, 3.63) is 0 Å². The van der Waals surface area contributed by atoms with Gasteiger partial charge in [-0.1, -0.05) is 15.9 Å². The van der Waals surface area contributed by atoms with Crippen molar-refractivity contribution in [2.75, 3.05) is 13.6 Å². The molecular formula is C5H10BrNO. The van der Waals surface area contributed by atoms with E-state index in [1.54, 1.807) is 0 Å². The first-order valence-corrected chi connectivity index (χ1v) is 3.66. The molecule has 1 saturated heterocycles. The molecule has 8 heavy (non-hydrogen) atoms. The fraction of sp³-hybridized carbons (Fsp3) is 1.00. The lowest BCUT2D eigenvalue weighted by atomic mass is 10.4. The van der Waals surface area contributed by atoms with Crippen LogP contribution in [0.1, 0.15) is 6.42 Å². The summed E-state index contributed by atoms with van der Waals surface area (Å²) >= 11 is 3.35. The molecule has 0 saturated carbocycles. The Morgan fingerprint density at radius 3 is 2.50 bits per heavy atom. The number of aliphatic hydroxyl groups excluding tert-OH is 1. The van der Waals surface area contributed by atoms with E-state index in [1.807, 2.05) is 11.9 Å². The number of hydrogen-bond donors (Lipinski definition) is 1. The van der Waals surface area contributed by atoms with Crippen molar-refractivity contribution >= 4 is 15.9 Å². The smallest absolute Gasteiger partial charge is 0.119 e. The molecule has 0 aromatic heterocycles. The van der Waals surface area contributed by atoms with Crippen LogP contribution >= 0.6 is 15.9 Å². The molecule has 3 heteroatoms. The lowest BCUT2D eigenvalue weighted by Crippen LogP contribution is -2.28. The average Bonchev–Trinajstić information content (AvgIpc) is 1.98. The lowest BCUT2D eigenvalue weighted by molar-refractivity contribution is 0.0622. The quantitative estimate of drug-likeness (QED) is 0.545. The van der Waals surface area contributed by atoms with Crippen molar-refractivity contribution in [3.63, 3.8) is 0 Å². The number of aliphatic hydroxyl groups is 1. The lowest BCUT2D eigenvalue weighted by Gasteiger charge is -2.13. The van der Waals surface area contributed by atoms with E-state index >= 15 is 0 Å². The van der Waals surface area contributed by atoms with E-state index in [2.05, 4.69) is 15.9 Å². The van der Waals surface area contributed by atoms with Crippen molar-refractivity contribution in [2.24, 2.45) is 0 Å². The van der Waals surface area contributed by atoms with E-state index in [9.17, 15) is 0 Å². The molecule has 0 aliphatic carbocycles. The molecule has 1 fully saturated rings. The number of likely N-dealkylation sites (tertiary alicyclic amines) is 1.